The van der Waals surface area contributed by atoms with Gasteiger partial charge in [-0.1, -0.05) is 6.42 Å². The summed E-state index contributed by atoms with van der Waals surface area (Å²) in [5.41, 5.74) is 1.22. The highest BCUT2D eigenvalue weighted by molar-refractivity contribution is 14.0. The van der Waals surface area contributed by atoms with E-state index >= 15 is 0 Å². The number of aryl methyl sites for hydroxylation is 1. The van der Waals surface area contributed by atoms with Gasteiger partial charge >= 0.3 is 0 Å². The first kappa shape index (κ1) is 23.4. The van der Waals surface area contributed by atoms with Crippen LogP contribution in [-0.2, 0) is 11.8 Å². The van der Waals surface area contributed by atoms with Crippen LogP contribution < -0.4 is 5.32 Å². The molecule has 0 aliphatic carbocycles. The maximum absolute atomic E-state index is 5.99. The third-order valence-corrected chi connectivity index (χ3v) is 5.63. The first-order valence-electron chi connectivity index (χ1n) is 10.4. The molecule has 2 aliphatic heterocycles. The van der Waals surface area contributed by atoms with Crippen molar-refractivity contribution in [1.29, 1.82) is 0 Å². The molecule has 1 atom stereocenters. The summed E-state index contributed by atoms with van der Waals surface area (Å²) in [6.07, 6.45) is 7.97. The molecule has 2 aliphatic rings. The van der Waals surface area contributed by atoms with Gasteiger partial charge in [0.1, 0.15) is 6.10 Å². The molecule has 1 aromatic heterocycles. The number of nitrogens with one attached hydrogen (secondary N) is 1. The van der Waals surface area contributed by atoms with Gasteiger partial charge < -0.3 is 15.0 Å². The van der Waals surface area contributed by atoms with Gasteiger partial charge in [-0.2, -0.15) is 5.10 Å². The molecule has 1 aromatic rings. The SMILES string of the molecule is CCNC(=NCC(C)(C)N1CCCCC1)N1CCOC(c2cnn(C)c2)C1.I. The Morgan fingerprint density at radius 1 is 1.29 bits per heavy atom. The molecule has 2 fully saturated rings. The average molecular weight is 504 g/mol. The van der Waals surface area contributed by atoms with Crippen molar-refractivity contribution in [2.24, 2.45) is 12.0 Å². The van der Waals surface area contributed by atoms with Crippen LogP contribution in [0.15, 0.2) is 17.4 Å². The summed E-state index contributed by atoms with van der Waals surface area (Å²) < 4.78 is 7.82. The number of halogens is 1. The highest BCUT2D eigenvalue weighted by atomic mass is 127. The van der Waals surface area contributed by atoms with E-state index in [-0.39, 0.29) is 35.6 Å². The first-order chi connectivity index (χ1) is 13.0. The molecule has 1 N–H and O–H groups in total. The van der Waals surface area contributed by atoms with Gasteiger partial charge in [0.2, 0.25) is 0 Å². The lowest BCUT2D eigenvalue weighted by molar-refractivity contribution is -0.00816. The second-order valence-electron chi connectivity index (χ2n) is 8.28. The predicted octanol–water partition coefficient (Wildman–Crippen LogP) is 2.64. The monoisotopic (exact) mass is 504 g/mol. The van der Waals surface area contributed by atoms with Crippen molar-refractivity contribution in [2.45, 2.75) is 51.7 Å². The highest BCUT2D eigenvalue weighted by Crippen LogP contribution is 2.23. The second kappa shape index (κ2) is 10.8. The molecule has 0 saturated carbocycles. The van der Waals surface area contributed by atoms with Crippen LogP contribution in [-0.4, -0.2) is 77.0 Å². The standard InChI is InChI=1S/C20H36N6O.HI/c1-5-21-19(22-16-20(2,3)26-9-7-6-8-10-26)25-11-12-27-18(15-25)17-13-23-24(4)14-17;/h13-14,18H,5-12,15-16H2,1-4H3,(H,21,22);1H. The molecule has 8 heteroatoms. The lowest BCUT2D eigenvalue weighted by atomic mass is 9.99. The number of guanidine groups is 1. The molecule has 0 radical (unpaired) electrons. The number of rotatable bonds is 5. The van der Waals surface area contributed by atoms with Crippen LogP contribution in [0, 0.1) is 0 Å². The Balaban J connectivity index is 0.00000280. The summed E-state index contributed by atoms with van der Waals surface area (Å²) in [5.74, 6) is 1.000. The molecule has 1 unspecified atom stereocenters. The van der Waals surface area contributed by atoms with Gasteiger partial charge in [-0.05, 0) is 46.7 Å². The van der Waals surface area contributed by atoms with Crippen molar-refractivity contribution in [3.05, 3.63) is 18.0 Å². The third kappa shape index (κ3) is 6.06. The van der Waals surface area contributed by atoms with E-state index in [1.807, 2.05) is 24.1 Å². The Kier molecular flexibility index (Phi) is 9.01. The second-order valence-corrected chi connectivity index (χ2v) is 8.28. The summed E-state index contributed by atoms with van der Waals surface area (Å²) in [6.45, 7) is 13.2. The summed E-state index contributed by atoms with van der Waals surface area (Å²) in [6, 6.07) is 0. The number of piperidine rings is 1. The van der Waals surface area contributed by atoms with Gasteiger partial charge in [0, 0.05) is 37.4 Å². The zero-order chi connectivity index (χ0) is 19.3. The number of nitrogens with zero attached hydrogens (tertiary/aromatic N) is 5. The normalized spacial score (nSPS) is 22.1. The number of likely N-dealkylation sites (tertiary alicyclic amines) is 1. The molecular formula is C20H37IN6O. The minimum Gasteiger partial charge on any atom is -0.370 e. The van der Waals surface area contributed by atoms with E-state index in [0.29, 0.717) is 6.61 Å². The van der Waals surface area contributed by atoms with E-state index in [2.05, 4.69) is 41.0 Å². The van der Waals surface area contributed by atoms with Crippen molar-refractivity contribution in [3.63, 3.8) is 0 Å². The van der Waals surface area contributed by atoms with E-state index in [0.717, 1.165) is 37.7 Å². The van der Waals surface area contributed by atoms with Gasteiger partial charge in [0.25, 0.3) is 0 Å². The van der Waals surface area contributed by atoms with Crippen LogP contribution in [0.2, 0.25) is 0 Å². The number of morpholine rings is 1. The first-order valence-corrected chi connectivity index (χ1v) is 10.4. The fourth-order valence-electron chi connectivity index (χ4n) is 3.94. The van der Waals surface area contributed by atoms with Crippen LogP contribution in [0.4, 0.5) is 0 Å². The summed E-state index contributed by atoms with van der Waals surface area (Å²) in [7, 11) is 1.94. The molecule has 0 aromatic carbocycles. The van der Waals surface area contributed by atoms with Crippen LogP contribution in [0.5, 0.6) is 0 Å². The molecule has 3 rings (SSSR count). The average Bonchev–Trinajstić information content (AvgIpc) is 3.12. The zero-order valence-electron chi connectivity index (χ0n) is 17.9. The van der Waals surface area contributed by atoms with E-state index in [9.17, 15) is 0 Å². The zero-order valence-corrected chi connectivity index (χ0v) is 20.2. The highest BCUT2D eigenvalue weighted by Gasteiger charge is 2.29. The largest absolute Gasteiger partial charge is 0.370 e. The molecule has 0 amide bonds. The fourth-order valence-corrected chi connectivity index (χ4v) is 3.94. The maximum Gasteiger partial charge on any atom is 0.194 e. The Bertz CT molecular complexity index is 626. The number of hydrogen-bond acceptors (Lipinski definition) is 4. The van der Waals surface area contributed by atoms with Gasteiger partial charge in [0.05, 0.1) is 25.9 Å². The van der Waals surface area contributed by atoms with Crippen LogP contribution in [0.3, 0.4) is 0 Å². The van der Waals surface area contributed by atoms with Crippen molar-refractivity contribution in [2.75, 3.05) is 45.9 Å². The molecule has 28 heavy (non-hydrogen) atoms. The summed E-state index contributed by atoms with van der Waals surface area (Å²) in [5, 5.41) is 7.77. The Morgan fingerprint density at radius 2 is 2.04 bits per heavy atom. The lowest BCUT2D eigenvalue weighted by Gasteiger charge is -2.40. The van der Waals surface area contributed by atoms with Crippen molar-refractivity contribution in [3.8, 4) is 0 Å². The molecule has 2 saturated heterocycles. The molecular weight excluding hydrogens is 467 g/mol. The van der Waals surface area contributed by atoms with E-state index in [4.69, 9.17) is 9.73 Å². The number of aliphatic imine (C=N–C) groups is 1. The van der Waals surface area contributed by atoms with Gasteiger partial charge in [-0.15, -0.1) is 24.0 Å². The maximum atomic E-state index is 5.99. The van der Waals surface area contributed by atoms with E-state index < -0.39 is 0 Å². The predicted molar refractivity (Wildman–Crippen MR) is 124 cm³/mol. The minimum atomic E-state index is 0. The third-order valence-electron chi connectivity index (χ3n) is 5.63. The Labute approximate surface area is 186 Å². The Hall–Kier alpha value is -0.870. The van der Waals surface area contributed by atoms with Gasteiger partial charge in [0.15, 0.2) is 5.96 Å². The number of aromatic nitrogens is 2. The molecule has 3 heterocycles. The summed E-state index contributed by atoms with van der Waals surface area (Å²) in [4.78, 5) is 9.96. The molecule has 7 nitrogen and oxygen atoms in total. The smallest absolute Gasteiger partial charge is 0.194 e. The Morgan fingerprint density at radius 3 is 2.68 bits per heavy atom. The molecule has 160 valence electrons. The lowest BCUT2D eigenvalue weighted by Crippen LogP contribution is -2.51. The topological polar surface area (TPSA) is 57.9 Å². The quantitative estimate of drug-likeness (QED) is 0.380. The van der Waals surface area contributed by atoms with E-state index in [1.165, 1.54) is 32.4 Å². The van der Waals surface area contributed by atoms with Gasteiger partial charge in [-0.25, -0.2) is 0 Å². The van der Waals surface area contributed by atoms with Crippen molar-refractivity contribution in [1.82, 2.24) is 24.9 Å². The summed E-state index contributed by atoms with van der Waals surface area (Å²) >= 11 is 0. The number of hydrogen-bond donors (Lipinski definition) is 1. The molecule has 0 bridgehead atoms. The van der Waals surface area contributed by atoms with Crippen molar-refractivity contribution < 1.29 is 4.74 Å². The van der Waals surface area contributed by atoms with Crippen LogP contribution >= 0.6 is 24.0 Å². The minimum absolute atomic E-state index is 0. The molecule has 0 spiro atoms. The number of ether oxygens (including phenoxy) is 1. The van der Waals surface area contributed by atoms with Crippen molar-refractivity contribution >= 4 is 29.9 Å². The van der Waals surface area contributed by atoms with Gasteiger partial charge in [-0.3, -0.25) is 14.6 Å². The fraction of sp³-hybridized carbons (Fsp3) is 0.800. The van der Waals surface area contributed by atoms with Crippen LogP contribution in [0.25, 0.3) is 0 Å². The van der Waals surface area contributed by atoms with E-state index in [1.54, 1.807) is 0 Å². The van der Waals surface area contributed by atoms with Crippen LogP contribution in [0.1, 0.15) is 51.7 Å².